The molecule has 1 aliphatic heterocycles. The van der Waals surface area contributed by atoms with Gasteiger partial charge in [-0.15, -0.1) is 0 Å². The van der Waals surface area contributed by atoms with Gasteiger partial charge in [-0.1, -0.05) is 29.8 Å². The van der Waals surface area contributed by atoms with E-state index in [9.17, 15) is 14.9 Å². The zero-order chi connectivity index (χ0) is 28.0. The molecule has 2 atom stereocenters. The summed E-state index contributed by atoms with van der Waals surface area (Å²) in [5.41, 5.74) is 1.30. The maximum absolute atomic E-state index is 13.3. The van der Waals surface area contributed by atoms with Crippen LogP contribution in [0.3, 0.4) is 0 Å². The number of morpholine rings is 1. The zero-order valence-corrected chi connectivity index (χ0v) is 23.1. The highest BCUT2D eigenvalue weighted by Crippen LogP contribution is 2.45. The summed E-state index contributed by atoms with van der Waals surface area (Å²) in [7, 11) is 0. The van der Waals surface area contributed by atoms with Crippen molar-refractivity contribution in [2.45, 2.75) is 51.9 Å². The van der Waals surface area contributed by atoms with E-state index in [0.29, 0.717) is 64.7 Å². The molecular weight excluding hydrogens is 532 g/mol. The Hall–Kier alpha value is -3.94. The summed E-state index contributed by atoms with van der Waals surface area (Å²) in [6.07, 6.45) is 1.82. The summed E-state index contributed by atoms with van der Waals surface area (Å²) in [5, 5.41) is 15.6. The van der Waals surface area contributed by atoms with Crippen LogP contribution in [0.4, 0.5) is 0 Å². The third-order valence-corrected chi connectivity index (χ3v) is 7.81. The number of nitrogens with one attached hydrogen (secondary N) is 1. The van der Waals surface area contributed by atoms with Gasteiger partial charge < -0.3 is 19.4 Å². The van der Waals surface area contributed by atoms with Crippen molar-refractivity contribution in [3.63, 3.8) is 0 Å². The number of ether oxygens (including phenoxy) is 2. The molecule has 1 saturated heterocycles. The van der Waals surface area contributed by atoms with Crippen LogP contribution in [-0.4, -0.2) is 62.5 Å². The third-order valence-electron chi connectivity index (χ3n) is 7.52. The van der Waals surface area contributed by atoms with E-state index in [1.165, 1.54) is 4.68 Å². The second-order valence-corrected chi connectivity index (χ2v) is 11.3. The number of halogens is 1. The molecule has 6 rings (SSSR count). The van der Waals surface area contributed by atoms with E-state index in [2.05, 4.69) is 16.2 Å². The summed E-state index contributed by atoms with van der Waals surface area (Å²) in [4.78, 5) is 36.2. The molecule has 2 aromatic heterocycles. The molecule has 1 saturated carbocycles. The van der Waals surface area contributed by atoms with E-state index in [4.69, 9.17) is 26.1 Å². The summed E-state index contributed by atoms with van der Waals surface area (Å²) in [5.74, 6) is 0.949. The normalized spacial score (nSPS) is 20.0. The molecule has 1 N–H and O–H groups in total. The minimum absolute atomic E-state index is 0.0711. The average Bonchev–Trinajstić information content (AvgIpc) is 3.61. The van der Waals surface area contributed by atoms with Crippen LogP contribution >= 0.6 is 11.6 Å². The fourth-order valence-corrected chi connectivity index (χ4v) is 5.44. The van der Waals surface area contributed by atoms with Crippen molar-refractivity contribution >= 4 is 39.3 Å². The van der Waals surface area contributed by atoms with Crippen LogP contribution in [0, 0.1) is 16.7 Å². The molecule has 2 aromatic carbocycles. The number of aromatic nitrogens is 4. The lowest BCUT2D eigenvalue weighted by molar-refractivity contribution is -0.144. The first-order valence-electron chi connectivity index (χ1n) is 13.4. The summed E-state index contributed by atoms with van der Waals surface area (Å²) in [6, 6.07) is 13.1. The molecule has 206 valence electrons. The van der Waals surface area contributed by atoms with E-state index in [0.717, 1.165) is 18.4 Å². The number of carbonyl (C=O) groups excluding carboxylic acids is 1. The lowest BCUT2D eigenvalue weighted by Gasteiger charge is -2.35. The molecule has 2 aliphatic rings. The van der Waals surface area contributed by atoms with Crippen molar-refractivity contribution in [3.05, 3.63) is 63.3 Å². The Morgan fingerprint density at radius 2 is 1.95 bits per heavy atom. The summed E-state index contributed by atoms with van der Waals surface area (Å²) < 4.78 is 12.9. The van der Waals surface area contributed by atoms with Gasteiger partial charge in [-0.2, -0.15) is 10.4 Å². The van der Waals surface area contributed by atoms with Crippen molar-refractivity contribution in [2.75, 3.05) is 19.7 Å². The minimum Gasteiger partial charge on any atom is -0.490 e. The Labute approximate surface area is 235 Å². The van der Waals surface area contributed by atoms with E-state index in [1.807, 2.05) is 26.0 Å². The van der Waals surface area contributed by atoms with Crippen LogP contribution in [0.25, 0.3) is 21.8 Å². The lowest BCUT2D eigenvalue weighted by Crippen LogP contribution is -2.49. The number of aromatic amines is 1. The largest absolute Gasteiger partial charge is 0.490 e. The number of carbonyl (C=O) groups is 1. The van der Waals surface area contributed by atoms with Gasteiger partial charge in [-0.3, -0.25) is 9.59 Å². The SMILES string of the molecule is C[C@@H]1CN(C(=O)Cn2nc(Cc3nc4cc(Cl)c(OCC5(C#N)CC5)cc4[nH]3)c3ccccc3c2=O)C[C@H](C)O1. The van der Waals surface area contributed by atoms with E-state index >= 15 is 0 Å². The maximum Gasteiger partial charge on any atom is 0.275 e. The second-order valence-electron chi connectivity index (χ2n) is 10.9. The molecule has 0 unspecified atom stereocenters. The number of rotatable bonds is 7. The Kier molecular flexibility index (Phi) is 6.72. The minimum atomic E-state index is -0.410. The number of H-pyrrole nitrogens is 1. The number of benzene rings is 2. The smallest absolute Gasteiger partial charge is 0.275 e. The molecule has 2 fully saturated rings. The molecule has 0 spiro atoms. The highest BCUT2D eigenvalue weighted by atomic mass is 35.5. The molecule has 10 nitrogen and oxygen atoms in total. The molecule has 0 radical (unpaired) electrons. The lowest BCUT2D eigenvalue weighted by atomic mass is 10.1. The first-order chi connectivity index (χ1) is 19.2. The Bertz CT molecular complexity index is 1710. The maximum atomic E-state index is 13.3. The predicted octanol–water partition coefficient (Wildman–Crippen LogP) is 3.84. The van der Waals surface area contributed by atoms with Crippen LogP contribution in [0.15, 0.2) is 41.2 Å². The van der Waals surface area contributed by atoms with Crippen molar-refractivity contribution in [1.82, 2.24) is 24.6 Å². The number of nitriles is 1. The number of imidazole rings is 1. The van der Waals surface area contributed by atoms with Gasteiger partial charge in [-0.25, -0.2) is 9.67 Å². The van der Waals surface area contributed by atoms with Gasteiger partial charge in [0, 0.05) is 24.5 Å². The number of hydrogen-bond donors (Lipinski definition) is 1. The first kappa shape index (κ1) is 26.3. The van der Waals surface area contributed by atoms with Crippen LogP contribution in [0.2, 0.25) is 5.02 Å². The van der Waals surface area contributed by atoms with Gasteiger partial charge in [0.1, 0.15) is 24.7 Å². The van der Waals surface area contributed by atoms with Crippen molar-refractivity contribution in [1.29, 1.82) is 5.26 Å². The molecule has 40 heavy (non-hydrogen) atoms. The standard InChI is InChI=1S/C29H29ClN6O4/c1-17-12-35(13-18(2)40-17)27(37)14-36-28(38)20-6-4-3-5-19(20)22(34-36)11-26-32-23-9-21(30)25(10-24(23)33-26)39-16-29(15-31)7-8-29/h3-6,9-10,17-18H,7-8,11-14,16H2,1-2H3,(H,32,33)/t17-,18+. The number of fused-ring (bicyclic) bond motifs is 2. The van der Waals surface area contributed by atoms with Crippen molar-refractivity contribution < 1.29 is 14.3 Å². The Morgan fingerprint density at radius 3 is 2.65 bits per heavy atom. The fraction of sp³-hybridized carbons (Fsp3) is 0.414. The number of amides is 1. The predicted molar refractivity (Wildman–Crippen MR) is 149 cm³/mol. The van der Waals surface area contributed by atoms with Gasteiger partial charge >= 0.3 is 0 Å². The molecule has 1 aliphatic carbocycles. The quantitative estimate of drug-likeness (QED) is 0.364. The van der Waals surface area contributed by atoms with Gasteiger partial charge in [0.2, 0.25) is 5.91 Å². The van der Waals surface area contributed by atoms with E-state index < -0.39 is 5.41 Å². The van der Waals surface area contributed by atoms with Crippen molar-refractivity contribution in [3.8, 4) is 11.8 Å². The van der Waals surface area contributed by atoms with E-state index in [-0.39, 0.29) is 30.2 Å². The Balaban J connectivity index is 1.29. The topological polar surface area (TPSA) is 126 Å². The van der Waals surface area contributed by atoms with Gasteiger partial charge in [0.05, 0.1) is 57.2 Å². The van der Waals surface area contributed by atoms with Crippen molar-refractivity contribution in [2.24, 2.45) is 5.41 Å². The van der Waals surface area contributed by atoms with Gasteiger partial charge in [0.15, 0.2) is 0 Å². The molecule has 0 bridgehead atoms. The summed E-state index contributed by atoms with van der Waals surface area (Å²) in [6.45, 7) is 4.96. The van der Waals surface area contributed by atoms with Crippen LogP contribution < -0.4 is 10.3 Å². The fourth-order valence-electron chi connectivity index (χ4n) is 5.23. The van der Waals surface area contributed by atoms with Gasteiger partial charge in [0.25, 0.3) is 5.56 Å². The third kappa shape index (κ3) is 5.15. The molecule has 3 heterocycles. The molecule has 11 heteroatoms. The average molecular weight is 561 g/mol. The zero-order valence-electron chi connectivity index (χ0n) is 22.3. The van der Waals surface area contributed by atoms with E-state index in [1.54, 1.807) is 29.2 Å². The summed E-state index contributed by atoms with van der Waals surface area (Å²) >= 11 is 6.46. The molecule has 1 amide bonds. The van der Waals surface area contributed by atoms with Crippen LogP contribution in [0.5, 0.6) is 5.75 Å². The van der Waals surface area contributed by atoms with Crippen LogP contribution in [0.1, 0.15) is 38.2 Å². The first-order valence-corrected chi connectivity index (χ1v) is 13.8. The highest BCUT2D eigenvalue weighted by Gasteiger charge is 2.44. The van der Waals surface area contributed by atoms with Gasteiger partial charge in [-0.05, 0) is 38.8 Å². The second kappa shape index (κ2) is 10.2. The number of nitrogens with zero attached hydrogens (tertiary/aromatic N) is 5. The monoisotopic (exact) mass is 560 g/mol. The molecule has 4 aromatic rings. The highest BCUT2D eigenvalue weighted by molar-refractivity contribution is 6.32. The Morgan fingerprint density at radius 1 is 1.23 bits per heavy atom. The van der Waals surface area contributed by atoms with Crippen LogP contribution in [-0.2, 0) is 22.5 Å². The number of hydrogen-bond acceptors (Lipinski definition) is 7. The molecular formula is C29H29ClN6O4.